The molecular formula is C40H32Cl5N3O4S2. The number of phenols is 2. The molecule has 7 nitrogen and oxygen atoms in total. The second-order valence-electron chi connectivity index (χ2n) is 11.7. The quantitative estimate of drug-likeness (QED) is 0.0580. The van der Waals surface area contributed by atoms with Crippen molar-refractivity contribution in [2.24, 2.45) is 0 Å². The van der Waals surface area contributed by atoms with Crippen molar-refractivity contribution in [1.82, 2.24) is 0 Å². The Morgan fingerprint density at radius 2 is 1.00 bits per heavy atom. The van der Waals surface area contributed by atoms with E-state index in [0.29, 0.717) is 50.7 Å². The first-order valence-electron chi connectivity index (χ1n) is 16.2. The molecule has 4 N–H and O–H groups in total. The third-order valence-corrected chi connectivity index (χ3v) is 12.3. The summed E-state index contributed by atoms with van der Waals surface area (Å²) in [4.78, 5) is 14.5. The average Bonchev–Trinajstić information content (AvgIpc) is 3.17. The highest BCUT2D eigenvalue weighted by molar-refractivity contribution is 7.99. The molecule has 0 radical (unpaired) electrons. The van der Waals surface area contributed by atoms with Crippen molar-refractivity contribution in [2.75, 3.05) is 10.6 Å². The van der Waals surface area contributed by atoms with Crippen LogP contribution in [0.3, 0.4) is 0 Å². The first kappa shape index (κ1) is 41.2. The van der Waals surface area contributed by atoms with Crippen LogP contribution in [0.25, 0.3) is 0 Å². The zero-order valence-corrected chi connectivity index (χ0v) is 34.1. The maximum Gasteiger partial charge on any atom is 0.269 e. The summed E-state index contributed by atoms with van der Waals surface area (Å²) in [6.45, 7) is 4.48. The molecule has 6 rings (SSSR count). The Kier molecular flexibility index (Phi) is 14.6. The molecular weight excluding hydrogens is 828 g/mol. The van der Waals surface area contributed by atoms with Crippen LogP contribution in [0.2, 0.25) is 25.1 Å². The first-order valence-corrected chi connectivity index (χ1v) is 19.7. The van der Waals surface area contributed by atoms with E-state index in [1.54, 1.807) is 49.9 Å². The van der Waals surface area contributed by atoms with E-state index in [1.165, 1.54) is 23.9 Å². The number of rotatable bonds is 11. The molecule has 278 valence electrons. The molecule has 0 bridgehead atoms. The van der Waals surface area contributed by atoms with Gasteiger partial charge in [-0.2, -0.15) is 0 Å². The van der Waals surface area contributed by atoms with Crippen LogP contribution in [0.1, 0.15) is 22.3 Å². The van der Waals surface area contributed by atoms with Crippen molar-refractivity contribution in [1.29, 1.82) is 0 Å². The van der Waals surface area contributed by atoms with E-state index in [9.17, 15) is 20.3 Å². The van der Waals surface area contributed by atoms with Gasteiger partial charge in [0.2, 0.25) is 0 Å². The summed E-state index contributed by atoms with van der Waals surface area (Å²) in [5.41, 5.74) is 4.41. The third-order valence-electron chi connectivity index (χ3n) is 8.04. The fraction of sp³-hybridized carbons (Fsp3) is 0.100. The lowest BCUT2D eigenvalue weighted by atomic mass is 10.2. The van der Waals surface area contributed by atoms with Crippen LogP contribution in [0, 0.1) is 24.0 Å². The fourth-order valence-corrected chi connectivity index (χ4v) is 7.87. The summed E-state index contributed by atoms with van der Waals surface area (Å²) in [5.74, 6) is -0.0273. The minimum absolute atomic E-state index is 0.0106. The van der Waals surface area contributed by atoms with Gasteiger partial charge in [-0.15, -0.1) is 0 Å². The molecule has 54 heavy (non-hydrogen) atoms. The second-order valence-corrected chi connectivity index (χ2v) is 16.0. The number of benzene rings is 6. The predicted octanol–water partition coefficient (Wildman–Crippen LogP) is 14.1. The SMILES string of the molecule is Cc1c(Cl)cc(NCc2ccccc2Sc2ccc(Cl)cc2)c(O)c1Cl.Cc1c(Cl)cc(NCc2ccccc2Sc2ccc([N+](=O)[O-])cc2)c(O)c1Cl. The lowest BCUT2D eigenvalue weighted by Gasteiger charge is -2.14. The van der Waals surface area contributed by atoms with Crippen molar-refractivity contribution in [3.8, 4) is 11.5 Å². The molecule has 0 spiro atoms. The van der Waals surface area contributed by atoms with Crippen molar-refractivity contribution in [3.63, 3.8) is 0 Å². The van der Waals surface area contributed by atoms with Crippen molar-refractivity contribution < 1.29 is 15.1 Å². The van der Waals surface area contributed by atoms with Crippen LogP contribution >= 0.6 is 81.5 Å². The van der Waals surface area contributed by atoms with Crippen LogP contribution < -0.4 is 10.6 Å². The van der Waals surface area contributed by atoms with Crippen LogP contribution in [0.4, 0.5) is 17.1 Å². The molecule has 0 unspecified atom stereocenters. The highest BCUT2D eigenvalue weighted by Gasteiger charge is 2.15. The van der Waals surface area contributed by atoms with Crippen LogP contribution in [0.15, 0.2) is 129 Å². The number of anilines is 2. The Balaban J connectivity index is 0.000000208. The van der Waals surface area contributed by atoms with Gasteiger partial charge >= 0.3 is 0 Å². The Bertz CT molecular complexity index is 2280. The zero-order chi connectivity index (χ0) is 38.9. The Morgan fingerprint density at radius 1 is 0.611 bits per heavy atom. The van der Waals surface area contributed by atoms with Gasteiger partial charge in [0.15, 0.2) is 11.5 Å². The fourth-order valence-electron chi connectivity index (χ4n) is 4.95. The number of nitro groups is 1. The monoisotopic (exact) mass is 857 g/mol. The number of hydrogen-bond acceptors (Lipinski definition) is 8. The summed E-state index contributed by atoms with van der Waals surface area (Å²) in [6, 6.07) is 33.3. The molecule has 6 aromatic rings. The van der Waals surface area contributed by atoms with E-state index in [1.807, 2.05) is 66.7 Å². The Hall–Kier alpha value is -3.93. The molecule has 0 aliphatic carbocycles. The van der Waals surface area contributed by atoms with Crippen LogP contribution in [-0.4, -0.2) is 15.1 Å². The molecule has 0 saturated heterocycles. The van der Waals surface area contributed by atoms with Gasteiger partial charge in [-0.25, -0.2) is 0 Å². The molecule has 0 aliphatic heterocycles. The van der Waals surface area contributed by atoms with Crippen LogP contribution in [0.5, 0.6) is 11.5 Å². The maximum absolute atomic E-state index is 10.8. The van der Waals surface area contributed by atoms with E-state index >= 15 is 0 Å². The zero-order valence-electron chi connectivity index (χ0n) is 28.7. The normalized spacial score (nSPS) is 10.7. The number of hydrogen-bond donors (Lipinski definition) is 4. The van der Waals surface area contributed by atoms with Gasteiger partial charge in [0.1, 0.15) is 0 Å². The van der Waals surface area contributed by atoms with Gasteiger partial charge in [-0.1, -0.05) is 118 Å². The molecule has 0 amide bonds. The average molecular weight is 860 g/mol. The summed E-state index contributed by atoms with van der Waals surface area (Å²) < 4.78 is 0. The van der Waals surface area contributed by atoms with Crippen LogP contribution in [-0.2, 0) is 13.1 Å². The number of aromatic hydroxyl groups is 2. The van der Waals surface area contributed by atoms with E-state index in [-0.39, 0.29) is 27.2 Å². The summed E-state index contributed by atoms with van der Waals surface area (Å²) in [7, 11) is 0. The summed E-state index contributed by atoms with van der Waals surface area (Å²) in [6.07, 6.45) is 0. The van der Waals surface area contributed by atoms with Crippen molar-refractivity contribution in [3.05, 3.63) is 167 Å². The van der Waals surface area contributed by atoms with Gasteiger partial charge in [-0.3, -0.25) is 10.1 Å². The van der Waals surface area contributed by atoms with Gasteiger partial charge in [0, 0.05) is 59.9 Å². The second kappa shape index (κ2) is 19.1. The highest BCUT2D eigenvalue weighted by atomic mass is 35.5. The number of nitro benzene ring substituents is 1. The Morgan fingerprint density at radius 3 is 1.41 bits per heavy atom. The molecule has 0 aliphatic rings. The molecule has 0 saturated carbocycles. The molecule has 0 heterocycles. The van der Waals surface area contributed by atoms with E-state index in [4.69, 9.17) is 58.0 Å². The first-order chi connectivity index (χ1) is 25.8. The number of halogens is 5. The van der Waals surface area contributed by atoms with Gasteiger partial charge in [0.05, 0.1) is 26.3 Å². The maximum atomic E-state index is 10.8. The van der Waals surface area contributed by atoms with Gasteiger partial charge in [0.25, 0.3) is 5.69 Å². The minimum atomic E-state index is -0.420. The number of non-ortho nitro benzene ring substituents is 1. The molecule has 14 heteroatoms. The molecule has 0 atom stereocenters. The van der Waals surface area contributed by atoms with Gasteiger partial charge < -0.3 is 20.8 Å². The molecule has 0 aromatic heterocycles. The predicted molar refractivity (Wildman–Crippen MR) is 226 cm³/mol. The Labute approximate surface area is 346 Å². The number of phenolic OH excluding ortho intramolecular Hbond substituents is 2. The molecule has 6 aromatic carbocycles. The standard InChI is InChI=1S/C20H16Cl3NOS.C20H16Cl2N2O3S/c1-12-16(22)10-17(20(25)19(12)23)24-11-13-4-2-3-5-18(13)26-15-8-6-14(21)7-9-15;1-12-16(21)10-17(20(25)19(12)22)23-11-13-4-2-3-5-18(13)28-15-8-6-14(7-9-15)24(26)27/h2-10,24-25H,11H2,1H3;2-10,23,25H,11H2,1H3. The van der Waals surface area contributed by atoms with Gasteiger partial charge in [-0.05, 0) is 96.8 Å². The third kappa shape index (κ3) is 10.6. The number of nitrogens with zero attached hydrogens (tertiary/aromatic N) is 1. The topological polar surface area (TPSA) is 108 Å². The molecule has 0 fully saturated rings. The lowest BCUT2D eigenvalue weighted by Crippen LogP contribution is -2.02. The summed E-state index contributed by atoms with van der Waals surface area (Å²) >= 11 is 33.7. The smallest absolute Gasteiger partial charge is 0.269 e. The van der Waals surface area contributed by atoms with E-state index < -0.39 is 4.92 Å². The van der Waals surface area contributed by atoms with Crippen molar-refractivity contribution >= 4 is 98.6 Å². The van der Waals surface area contributed by atoms with E-state index in [0.717, 1.165) is 30.7 Å². The lowest BCUT2D eigenvalue weighted by molar-refractivity contribution is -0.384. The summed E-state index contributed by atoms with van der Waals surface area (Å²) in [5, 5.41) is 39.9. The largest absolute Gasteiger partial charge is 0.504 e. The van der Waals surface area contributed by atoms with E-state index in [2.05, 4.69) is 16.7 Å². The number of nitrogens with one attached hydrogen (secondary N) is 2. The minimum Gasteiger partial charge on any atom is -0.504 e. The highest BCUT2D eigenvalue weighted by Crippen LogP contribution is 2.41. The van der Waals surface area contributed by atoms with Crippen molar-refractivity contribution in [2.45, 2.75) is 46.5 Å².